The Hall–Kier alpha value is -3.97. The molecule has 9 nitrogen and oxygen atoms in total. The van der Waals surface area contributed by atoms with Gasteiger partial charge in [-0.3, -0.25) is 4.79 Å². The van der Waals surface area contributed by atoms with Crippen LogP contribution in [-0.2, 0) is 9.53 Å². The molecule has 226 valence electrons. The van der Waals surface area contributed by atoms with Crippen molar-refractivity contribution in [3.63, 3.8) is 0 Å². The minimum atomic E-state index is -4.70. The molecule has 3 N–H and O–H groups in total. The zero-order valence-electron chi connectivity index (χ0n) is 23.4. The Labute approximate surface area is 250 Å². The number of fused-ring (bicyclic) bond motifs is 1. The molecule has 0 amide bonds. The molecule has 4 heterocycles. The number of nitrogens with one attached hydrogen (secondary N) is 1. The van der Waals surface area contributed by atoms with E-state index in [1.807, 2.05) is 23.1 Å². The van der Waals surface area contributed by atoms with Crippen molar-refractivity contribution in [2.45, 2.75) is 44.5 Å². The molecule has 1 unspecified atom stereocenters. The van der Waals surface area contributed by atoms with Crippen LogP contribution in [0.5, 0.6) is 5.88 Å². The summed E-state index contributed by atoms with van der Waals surface area (Å²) in [7, 11) is 0. The van der Waals surface area contributed by atoms with E-state index >= 15 is 0 Å². The number of ether oxygens (including phenoxy) is 2. The third kappa shape index (κ3) is 6.23. The van der Waals surface area contributed by atoms with E-state index in [0.29, 0.717) is 38.5 Å². The molecular formula is C30H31F3N6O3S. The number of hydrogen-bond donors (Lipinski definition) is 2. The molecule has 2 fully saturated rings. The molecule has 2 aliphatic heterocycles. The molecule has 2 aromatic heterocycles. The van der Waals surface area contributed by atoms with Gasteiger partial charge in [0.05, 0.1) is 11.3 Å². The summed E-state index contributed by atoms with van der Waals surface area (Å²) >= 11 is 1.36. The summed E-state index contributed by atoms with van der Waals surface area (Å²) in [6.45, 7) is 4.03. The van der Waals surface area contributed by atoms with Gasteiger partial charge in [0.1, 0.15) is 11.9 Å². The van der Waals surface area contributed by atoms with E-state index < -0.39 is 12.3 Å². The van der Waals surface area contributed by atoms with Gasteiger partial charge in [0.25, 0.3) is 0 Å². The van der Waals surface area contributed by atoms with E-state index in [1.165, 1.54) is 29.7 Å². The highest BCUT2D eigenvalue weighted by molar-refractivity contribution is 7.13. The van der Waals surface area contributed by atoms with Gasteiger partial charge in [-0.15, -0.1) is 0 Å². The van der Waals surface area contributed by atoms with Gasteiger partial charge in [-0.2, -0.15) is 27.5 Å². The van der Waals surface area contributed by atoms with Crippen molar-refractivity contribution >= 4 is 39.4 Å². The topological polar surface area (TPSA) is 115 Å². The fraction of sp³-hybridized carbons (Fsp3) is 0.400. The van der Waals surface area contributed by atoms with Crippen molar-refractivity contribution in [2.75, 3.05) is 36.9 Å². The minimum absolute atomic E-state index is 0.0498. The Morgan fingerprint density at radius 1 is 1.14 bits per heavy atom. The number of nitrogens with two attached hydrogens (primary N) is 1. The number of esters is 1. The number of hydrogen-bond acceptors (Lipinski definition) is 10. The molecule has 2 atom stereocenters. The zero-order valence-corrected chi connectivity index (χ0v) is 24.3. The van der Waals surface area contributed by atoms with Crippen molar-refractivity contribution in [3.05, 3.63) is 60.3 Å². The number of piperidine rings is 1. The largest absolute Gasteiger partial charge is 0.465 e. The maximum atomic E-state index is 14.3. The number of nitrogens with zero attached hydrogens (tertiary/aromatic N) is 4. The van der Waals surface area contributed by atoms with E-state index in [1.54, 1.807) is 25.3 Å². The van der Waals surface area contributed by atoms with Gasteiger partial charge in [0.2, 0.25) is 17.9 Å². The first-order chi connectivity index (χ1) is 20.6. The van der Waals surface area contributed by atoms with Gasteiger partial charge < -0.3 is 25.4 Å². The normalized spacial score (nSPS) is 19.1. The van der Waals surface area contributed by atoms with Crippen molar-refractivity contribution in [3.8, 4) is 17.0 Å². The van der Waals surface area contributed by atoms with Crippen LogP contribution in [0.4, 0.5) is 24.9 Å². The van der Waals surface area contributed by atoms with Crippen LogP contribution in [-0.4, -0.2) is 58.8 Å². The minimum Gasteiger partial charge on any atom is -0.465 e. The van der Waals surface area contributed by atoms with Crippen LogP contribution < -0.4 is 20.7 Å². The maximum Gasteiger partial charge on any atom is 0.429 e. The van der Waals surface area contributed by atoms with E-state index in [4.69, 9.17) is 15.2 Å². The van der Waals surface area contributed by atoms with Crippen LogP contribution in [0.15, 0.2) is 54.7 Å². The lowest BCUT2D eigenvalue weighted by Crippen LogP contribution is -2.41. The van der Waals surface area contributed by atoms with Gasteiger partial charge in [-0.05, 0) is 60.3 Å². The zero-order chi connectivity index (χ0) is 30.2. The molecule has 4 aromatic rings. The molecule has 1 spiro atoms. The molecule has 0 radical (unpaired) electrons. The number of carbonyl (C=O) groups is 1. The standard InChI is InChI=1S/C30H31F3N6O3S/c1-2-41-27(40)22-15-29(17-35-22)9-11-39(12-10-29)24-14-25(38-28(34)37-24)42-26(30(31,32)33)19-5-3-18(4-6-19)20-7-8-21-16-36-43-23(21)13-20/h3-8,13-14,16,22,26,35H,2,9-12,15,17H2,1H3,(H2,34,37,38)/t22?,26-/m1/s1. The summed E-state index contributed by atoms with van der Waals surface area (Å²) in [5, 5.41) is 4.29. The Morgan fingerprint density at radius 3 is 2.60 bits per heavy atom. The lowest BCUT2D eigenvalue weighted by molar-refractivity contribution is -0.198. The number of alkyl halides is 3. The van der Waals surface area contributed by atoms with E-state index in [-0.39, 0.29) is 34.8 Å². The summed E-state index contributed by atoms with van der Waals surface area (Å²) < 4.78 is 58.6. The highest BCUT2D eigenvalue weighted by atomic mass is 32.1. The van der Waals surface area contributed by atoms with Crippen molar-refractivity contribution < 1.29 is 27.4 Å². The third-order valence-corrected chi connectivity index (χ3v) is 8.99. The first-order valence-corrected chi connectivity index (χ1v) is 14.9. The van der Waals surface area contributed by atoms with Crippen LogP contribution in [0.25, 0.3) is 21.2 Å². The summed E-state index contributed by atoms with van der Waals surface area (Å²) in [5.74, 6) is -0.263. The van der Waals surface area contributed by atoms with Crippen molar-refractivity contribution in [2.24, 2.45) is 5.41 Å². The second-order valence-corrected chi connectivity index (χ2v) is 11.9. The van der Waals surface area contributed by atoms with Crippen molar-refractivity contribution in [1.29, 1.82) is 0 Å². The highest BCUT2D eigenvalue weighted by Crippen LogP contribution is 2.42. The van der Waals surface area contributed by atoms with Gasteiger partial charge in [0, 0.05) is 42.8 Å². The molecule has 0 saturated carbocycles. The summed E-state index contributed by atoms with van der Waals surface area (Å²) in [6.07, 6.45) is -2.92. The van der Waals surface area contributed by atoms with Gasteiger partial charge in [-0.25, -0.2) is 0 Å². The van der Waals surface area contributed by atoms with E-state index in [9.17, 15) is 18.0 Å². The predicted molar refractivity (Wildman–Crippen MR) is 158 cm³/mol. The maximum absolute atomic E-state index is 14.3. The lowest BCUT2D eigenvalue weighted by Gasteiger charge is -2.39. The molecule has 13 heteroatoms. The molecule has 0 aliphatic carbocycles. The van der Waals surface area contributed by atoms with Crippen LogP contribution in [0.1, 0.15) is 37.9 Å². The molecule has 0 bridgehead atoms. The Bertz CT molecular complexity index is 1600. The number of carbonyl (C=O) groups excluding carboxylic acids is 1. The fourth-order valence-electron chi connectivity index (χ4n) is 5.90. The van der Waals surface area contributed by atoms with Crippen LogP contribution in [0.2, 0.25) is 0 Å². The van der Waals surface area contributed by atoms with Crippen LogP contribution in [0, 0.1) is 5.41 Å². The monoisotopic (exact) mass is 612 g/mol. The quantitative estimate of drug-likeness (QED) is 0.260. The first-order valence-electron chi connectivity index (χ1n) is 14.1. The second-order valence-electron chi connectivity index (χ2n) is 11.0. The molecule has 6 rings (SSSR count). The molecular weight excluding hydrogens is 581 g/mol. The summed E-state index contributed by atoms with van der Waals surface area (Å²) in [5.41, 5.74) is 7.48. The predicted octanol–water partition coefficient (Wildman–Crippen LogP) is 5.53. The van der Waals surface area contributed by atoms with E-state index in [2.05, 4.69) is 19.7 Å². The Balaban J connectivity index is 1.16. The Kier molecular flexibility index (Phi) is 7.86. The molecule has 2 aromatic carbocycles. The molecule has 2 aliphatic rings. The number of benzene rings is 2. The average molecular weight is 613 g/mol. The average Bonchev–Trinajstić information content (AvgIpc) is 3.63. The fourth-order valence-corrected chi connectivity index (χ4v) is 6.59. The third-order valence-electron chi connectivity index (χ3n) is 8.23. The SMILES string of the molecule is CCOC(=O)C1CC2(CCN(c3cc(O[C@H](c4ccc(-c5ccc6cnsc6c5)cc4)C(F)(F)F)nc(N)n3)CC2)CN1. The van der Waals surface area contributed by atoms with E-state index in [0.717, 1.165) is 34.1 Å². The lowest BCUT2D eigenvalue weighted by atomic mass is 9.76. The Morgan fingerprint density at radius 2 is 1.88 bits per heavy atom. The second kappa shape index (κ2) is 11.6. The first kappa shape index (κ1) is 29.1. The molecule has 43 heavy (non-hydrogen) atoms. The number of nitrogen functional groups attached to an aromatic ring is 1. The van der Waals surface area contributed by atoms with Crippen LogP contribution >= 0.6 is 11.5 Å². The summed E-state index contributed by atoms with van der Waals surface area (Å²) in [4.78, 5) is 22.4. The van der Waals surface area contributed by atoms with Gasteiger partial charge in [-0.1, -0.05) is 36.4 Å². The van der Waals surface area contributed by atoms with Crippen molar-refractivity contribution in [1.82, 2.24) is 19.7 Å². The number of rotatable bonds is 7. The van der Waals surface area contributed by atoms with Gasteiger partial charge in [0.15, 0.2) is 0 Å². The van der Waals surface area contributed by atoms with Crippen LogP contribution in [0.3, 0.4) is 0 Å². The highest BCUT2D eigenvalue weighted by Gasteiger charge is 2.45. The number of aromatic nitrogens is 3. The number of halogens is 3. The summed E-state index contributed by atoms with van der Waals surface area (Å²) in [6, 6.07) is 13.0. The smallest absolute Gasteiger partial charge is 0.429 e. The van der Waals surface area contributed by atoms with Gasteiger partial charge >= 0.3 is 12.1 Å². The number of anilines is 2. The molecule has 2 saturated heterocycles.